The minimum Gasteiger partial charge on any atom is -0.310 e. The maximum atomic E-state index is 4.15. The number of allylic oxidation sites excluding steroid dienone is 5. The summed E-state index contributed by atoms with van der Waals surface area (Å²) < 4.78 is 2.37. The fraction of sp³-hybridized carbons (Fsp3) is 0.0357. The molecular formula is C56H42N2. The largest absolute Gasteiger partial charge is 0.310 e. The predicted molar refractivity (Wildman–Crippen MR) is 246 cm³/mol. The van der Waals surface area contributed by atoms with Gasteiger partial charge in [0, 0.05) is 33.5 Å². The van der Waals surface area contributed by atoms with Crippen LogP contribution in [0.5, 0.6) is 0 Å². The van der Waals surface area contributed by atoms with Gasteiger partial charge in [0.15, 0.2) is 0 Å². The van der Waals surface area contributed by atoms with E-state index in [0.29, 0.717) is 0 Å². The zero-order chi connectivity index (χ0) is 39.1. The molecule has 1 atom stereocenters. The molecule has 8 aromatic carbocycles. The number of fused-ring (bicyclic) bond motifs is 6. The van der Waals surface area contributed by atoms with Crippen molar-refractivity contribution in [2.45, 2.75) is 12.3 Å². The highest BCUT2D eigenvalue weighted by molar-refractivity contribution is 6.10. The van der Waals surface area contributed by atoms with E-state index in [1.54, 1.807) is 0 Å². The normalized spacial score (nSPS) is 14.8. The summed E-state index contributed by atoms with van der Waals surface area (Å²) in [6.45, 7) is 6.24. The second-order valence-electron chi connectivity index (χ2n) is 14.9. The Morgan fingerprint density at radius 1 is 0.517 bits per heavy atom. The maximum absolute atomic E-state index is 4.15. The molecule has 2 heteroatoms. The van der Waals surface area contributed by atoms with Crippen LogP contribution < -0.4 is 4.90 Å². The summed E-state index contributed by atoms with van der Waals surface area (Å²) >= 11 is 0. The molecule has 0 saturated carbocycles. The minimum absolute atomic E-state index is 0.504. The van der Waals surface area contributed by atoms with Gasteiger partial charge in [-0.05, 0) is 118 Å². The van der Waals surface area contributed by atoms with E-state index in [1.165, 1.54) is 66.3 Å². The molecule has 10 rings (SSSR count). The Morgan fingerprint density at radius 3 is 1.88 bits per heavy atom. The van der Waals surface area contributed by atoms with Gasteiger partial charge in [-0.15, -0.1) is 0 Å². The Hall–Kier alpha value is -7.42. The first-order valence-corrected chi connectivity index (χ1v) is 20.0. The molecule has 1 unspecified atom stereocenters. The van der Waals surface area contributed by atoms with Gasteiger partial charge < -0.3 is 9.47 Å². The molecule has 0 bridgehead atoms. The molecule has 1 heterocycles. The smallest absolute Gasteiger partial charge is 0.0713 e. The van der Waals surface area contributed by atoms with E-state index in [0.717, 1.165) is 22.7 Å². The van der Waals surface area contributed by atoms with E-state index in [1.807, 2.05) is 6.08 Å². The molecule has 58 heavy (non-hydrogen) atoms. The topological polar surface area (TPSA) is 8.17 Å². The molecular weight excluding hydrogens is 701 g/mol. The number of benzene rings is 8. The standard InChI is InChI=1S/C56H42N2/c1-3-18-42(19-4-2)56(43-20-8-5-9-21-43)52-28-16-14-26-48(52)49-36-32-41(38-53(49)56)40-30-33-46(34-31-40)57(44-22-10-6-11-23-44)47-35-37-55-51(39-47)50-27-15-17-29-54(50)58(55)45-24-12-7-13-25-45/h3-39H,1H2,2H3/b19-4-,42-18+. The number of para-hydroxylation sites is 3. The van der Waals surface area contributed by atoms with E-state index >= 15 is 0 Å². The lowest BCUT2D eigenvalue weighted by Gasteiger charge is -2.35. The highest BCUT2D eigenvalue weighted by Crippen LogP contribution is 2.57. The van der Waals surface area contributed by atoms with Gasteiger partial charge in [-0.25, -0.2) is 0 Å². The molecule has 0 radical (unpaired) electrons. The fourth-order valence-corrected chi connectivity index (χ4v) is 9.33. The molecule has 0 amide bonds. The lowest BCUT2D eigenvalue weighted by Crippen LogP contribution is -2.29. The quantitative estimate of drug-likeness (QED) is 0.134. The van der Waals surface area contributed by atoms with Crippen molar-refractivity contribution in [2.75, 3.05) is 4.90 Å². The van der Waals surface area contributed by atoms with Crippen molar-refractivity contribution in [1.29, 1.82) is 0 Å². The summed E-state index contributed by atoms with van der Waals surface area (Å²) in [6, 6.07) is 72.8. The number of nitrogens with zero attached hydrogens (tertiary/aromatic N) is 2. The van der Waals surface area contributed by atoms with Gasteiger partial charge in [0.25, 0.3) is 0 Å². The molecule has 1 aliphatic carbocycles. The van der Waals surface area contributed by atoms with Crippen molar-refractivity contribution >= 4 is 38.9 Å². The van der Waals surface area contributed by atoms with Crippen molar-refractivity contribution in [3.8, 4) is 27.9 Å². The van der Waals surface area contributed by atoms with Gasteiger partial charge in [0.1, 0.15) is 0 Å². The molecule has 2 nitrogen and oxygen atoms in total. The highest BCUT2D eigenvalue weighted by atomic mass is 15.1. The molecule has 0 aliphatic heterocycles. The van der Waals surface area contributed by atoms with Crippen molar-refractivity contribution in [1.82, 2.24) is 4.57 Å². The van der Waals surface area contributed by atoms with Gasteiger partial charge >= 0.3 is 0 Å². The molecule has 0 N–H and O–H groups in total. The van der Waals surface area contributed by atoms with Crippen LogP contribution in [0.1, 0.15) is 23.6 Å². The van der Waals surface area contributed by atoms with Gasteiger partial charge in [-0.1, -0.05) is 164 Å². The van der Waals surface area contributed by atoms with Gasteiger partial charge in [0.05, 0.1) is 16.4 Å². The molecule has 0 spiro atoms. The highest BCUT2D eigenvalue weighted by Gasteiger charge is 2.46. The van der Waals surface area contributed by atoms with E-state index in [9.17, 15) is 0 Å². The third kappa shape index (κ3) is 5.56. The second-order valence-corrected chi connectivity index (χ2v) is 14.9. The number of rotatable bonds is 9. The van der Waals surface area contributed by atoms with Crippen molar-refractivity contribution in [3.05, 3.63) is 253 Å². The van der Waals surface area contributed by atoms with Crippen LogP contribution in [0.4, 0.5) is 17.1 Å². The minimum atomic E-state index is -0.504. The van der Waals surface area contributed by atoms with E-state index in [2.05, 4.69) is 241 Å². The Bertz CT molecular complexity index is 3010. The summed E-state index contributed by atoms with van der Waals surface area (Å²) in [6.07, 6.45) is 8.48. The number of aromatic nitrogens is 1. The molecule has 0 fully saturated rings. The summed E-state index contributed by atoms with van der Waals surface area (Å²) in [4.78, 5) is 2.36. The van der Waals surface area contributed by atoms with Gasteiger partial charge in [0.2, 0.25) is 0 Å². The van der Waals surface area contributed by atoms with Crippen molar-refractivity contribution < 1.29 is 0 Å². The van der Waals surface area contributed by atoms with Crippen LogP contribution in [0.3, 0.4) is 0 Å². The maximum Gasteiger partial charge on any atom is 0.0713 e. The zero-order valence-corrected chi connectivity index (χ0v) is 32.5. The fourth-order valence-electron chi connectivity index (χ4n) is 9.33. The molecule has 1 aromatic heterocycles. The van der Waals surface area contributed by atoms with Gasteiger partial charge in [-0.2, -0.15) is 0 Å². The molecule has 276 valence electrons. The first-order chi connectivity index (χ1) is 28.7. The van der Waals surface area contributed by atoms with Crippen LogP contribution in [0.25, 0.3) is 49.7 Å². The predicted octanol–water partition coefficient (Wildman–Crippen LogP) is 14.9. The van der Waals surface area contributed by atoms with E-state index < -0.39 is 5.41 Å². The van der Waals surface area contributed by atoms with Crippen LogP contribution in [0, 0.1) is 0 Å². The van der Waals surface area contributed by atoms with E-state index in [-0.39, 0.29) is 0 Å². The summed E-state index contributed by atoms with van der Waals surface area (Å²) in [7, 11) is 0. The van der Waals surface area contributed by atoms with Crippen LogP contribution in [0.15, 0.2) is 237 Å². The second kappa shape index (κ2) is 14.6. The Balaban J connectivity index is 1.11. The van der Waals surface area contributed by atoms with Crippen LogP contribution in [-0.2, 0) is 5.41 Å². The molecule has 0 saturated heterocycles. The third-order valence-electron chi connectivity index (χ3n) is 11.7. The zero-order valence-electron chi connectivity index (χ0n) is 32.5. The lowest BCUT2D eigenvalue weighted by molar-refractivity contribution is 0.767. The monoisotopic (exact) mass is 742 g/mol. The average molecular weight is 743 g/mol. The average Bonchev–Trinajstić information content (AvgIpc) is 3.78. The first kappa shape index (κ1) is 35.0. The number of hydrogen-bond acceptors (Lipinski definition) is 1. The molecule has 1 aliphatic rings. The summed E-state index contributed by atoms with van der Waals surface area (Å²) in [5, 5.41) is 2.45. The first-order valence-electron chi connectivity index (χ1n) is 20.0. The number of anilines is 3. The van der Waals surface area contributed by atoms with Gasteiger partial charge in [-0.3, -0.25) is 0 Å². The Morgan fingerprint density at radius 2 is 1.12 bits per heavy atom. The Kier molecular flexibility index (Phi) is 8.81. The number of hydrogen-bond donors (Lipinski definition) is 0. The lowest BCUT2D eigenvalue weighted by atomic mass is 9.66. The van der Waals surface area contributed by atoms with Crippen molar-refractivity contribution in [3.63, 3.8) is 0 Å². The Labute approximate surface area is 340 Å². The summed E-state index contributed by atoms with van der Waals surface area (Å²) in [5.41, 5.74) is 16.2. The van der Waals surface area contributed by atoms with E-state index in [4.69, 9.17) is 0 Å². The SMILES string of the molecule is C=C/C=C(\C=C/C)C1(c2ccccc2)c2ccccc2-c2ccc(-c3ccc(N(c4ccccc4)c4ccc5c(c4)c4ccccc4n5-c4ccccc4)cc3)cc21. The van der Waals surface area contributed by atoms with Crippen LogP contribution in [-0.4, -0.2) is 4.57 Å². The van der Waals surface area contributed by atoms with Crippen LogP contribution >= 0.6 is 0 Å². The third-order valence-corrected chi connectivity index (χ3v) is 11.7. The van der Waals surface area contributed by atoms with Crippen LogP contribution in [0.2, 0.25) is 0 Å². The van der Waals surface area contributed by atoms with Crippen molar-refractivity contribution in [2.24, 2.45) is 0 Å². The molecule has 9 aromatic rings. The summed E-state index contributed by atoms with van der Waals surface area (Å²) in [5.74, 6) is 0.